The second kappa shape index (κ2) is 8.12. The van der Waals surface area contributed by atoms with E-state index in [-0.39, 0.29) is 18.4 Å². The van der Waals surface area contributed by atoms with Gasteiger partial charge in [0.2, 0.25) is 0 Å². The molecule has 0 spiro atoms. The number of hydrogen-bond acceptors (Lipinski definition) is 5. The summed E-state index contributed by atoms with van der Waals surface area (Å²) in [6.45, 7) is 6.71. The Morgan fingerprint density at radius 3 is 2.58 bits per heavy atom. The highest BCUT2D eigenvalue weighted by Crippen LogP contribution is 2.21. The topological polar surface area (TPSA) is 74.6 Å². The lowest BCUT2D eigenvalue weighted by Crippen LogP contribution is -2.45. The Morgan fingerprint density at radius 1 is 1.25 bits per heavy atom. The summed E-state index contributed by atoms with van der Waals surface area (Å²) in [6.07, 6.45) is 2.52. The highest BCUT2D eigenvalue weighted by Gasteiger charge is 2.14. The molecule has 0 aliphatic carbocycles. The molecule has 2 amide bonds. The first-order valence-corrected chi connectivity index (χ1v) is 8.62. The number of carbonyl (C=O) groups excluding carboxylic acids is 2. The van der Waals surface area contributed by atoms with E-state index in [1.54, 1.807) is 6.26 Å². The van der Waals surface area contributed by atoms with Gasteiger partial charge in [0.15, 0.2) is 0 Å². The standard InChI is InChI=1S/C17H23N3O3S/c1-5-13-8-15(24-12(13)3)17(22)19-18-16(21)10-20(4)9-14-6-7-23-11(14)2/h6-8H,5,9-10H2,1-4H3,(H,18,21)(H,19,22). The molecule has 0 saturated heterocycles. The minimum Gasteiger partial charge on any atom is -0.469 e. The van der Waals surface area contributed by atoms with Crippen molar-refractivity contribution in [2.24, 2.45) is 0 Å². The molecule has 0 aliphatic heterocycles. The number of aryl methyl sites for hydroxylation is 3. The number of likely N-dealkylation sites (N-methyl/N-ethyl adjacent to an activating group) is 1. The minimum absolute atomic E-state index is 0.175. The van der Waals surface area contributed by atoms with Crippen LogP contribution in [0.2, 0.25) is 0 Å². The number of furan rings is 1. The maximum absolute atomic E-state index is 12.1. The third kappa shape index (κ3) is 4.69. The van der Waals surface area contributed by atoms with Crippen LogP contribution in [-0.4, -0.2) is 30.3 Å². The van der Waals surface area contributed by atoms with Gasteiger partial charge in [-0.3, -0.25) is 25.3 Å². The zero-order chi connectivity index (χ0) is 17.7. The van der Waals surface area contributed by atoms with Gasteiger partial charge >= 0.3 is 0 Å². The van der Waals surface area contributed by atoms with E-state index in [4.69, 9.17) is 4.42 Å². The van der Waals surface area contributed by atoms with Gasteiger partial charge in [-0.2, -0.15) is 0 Å². The lowest BCUT2D eigenvalue weighted by Gasteiger charge is -2.15. The minimum atomic E-state index is -0.288. The summed E-state index contributed by atoms with van der Waals surface area (Å²) in [5.74, 6) is 0.288. The lowest BCUT2D eigenvalue weighted by atomic mass is 10.2. The Hall–Kier alpha value is -2.12. The maximum Gasteiger partial charge on any atom is 0.279 e. The first-order valence-electron chi connectivity index (χ1n) is 7.80. The first-order chi connectivity index (χ1) is 11.4. The predicted molar refractivity (Wildman–Crippen MR) is 93.8 cm³/mol. The van der Waals surface area contributed by atoms with E-state index in [1.807, 2.05) is 37.9 Å². The SMILES string of the molecule is CCc1cc(C(=O)NNC(=O)CN(C)Cc2ccoc2C)sc1C. The summed E-state index contributed by atoms with van der Waals surface area (Å²) in [5, 5.41) is 0. The monoisotopic (exact) mass is 349 g/mol. The summed E-state index contributed by atoms with van der Waals surface area (Å²) < 4.78 is 5.24. The van der Waals surface area contributed by atoms with Gasteiger partial charge in [0, 0.05) is 17.0 Å². The highest BCUT2D eigenvalue weighted by atomic mass is 32.1. The Morgan fingerprint density at radius 2 is 2.00 bits per heavy atom. The van der Waals surface area contributed by atoms with Crippen molar-refractivity contribution in [3.8, 4) is 0 Å². The average molecular weight is 349 g/mol. The van der Waals surface area contributed by atoms with Crippen molar-refractivity contribution in [1.29, 1.82) is 0 Å². The second-order valence-corrected chi connectivity index (χ2v) is 6.98. The van der Waals surface area contributed by atoms with E-state index >= 15 is 0 Å². The van der Waals surface area contributed by atoms with Gasteiger partial charge in [-0.25, -0.2) is 0 Å². The molecule has 130 valence electrons. The largest absolute Gasteiger partial charge is 0.469 e. The van der Waals surface area contributed by atoms with Crippen LogP contribution in [-0.2, 0) is 17.8 Å². The van der Waals surface area contributed by atoms with E-state index in [9.17, 15) is 9.59 Å². The number of carbonyl (C=O) groups is 2. The van der Waals surface area contributed by atoms with Gasteiger partial charge < -0.3 is 4.42 Å². The van der Waals surface area contributed by atoms with Crippen molar-refractivity contribution in [2.45, 2.75) is 33.7 Å². The molecule has 0 fully saturated rings. The molecule has 0 unspecified atom stereocenters. The molecule has 7 heteroatoms. The third-order valence-electron chi connectivity index (χ3n) is 3.76. The summed E-state index contributed by atoms with van der Waals surface area (Å²) in [6, 6.07) is 3.76. The van der Waals surface area contributed by atoms with Crippen LogP contribution >= 0.6 is 11.3 Å². The van der Waals surface area contributed by atoms with Gasteiger partial charge in [-0.1, -0.05) is 6.92 Å². The maximum atomic E-state index is 12.1. The number of nitrogens with one attached hydrogen (secondary N) is 2. The summed E-state index contributed by atoms with van der Waals surface area (Å²) in [5.41, 5.74) is 7.12. The fourth-order valence-corrected chi connectivity index (χ4v) is 3.39. The smallest absolute Gasteiger partial charge is 0.279 e. The molecular formula is C17H23N3O3S. The van der Waals surface area contributed by atoms with Crippen molar-refractivity contribution in [1.82, 2.24) is 15.8 Å². The molecule has 2 aromatic heterocycles. The van der Waals surface area contributed by atoms with E-state index in [0.29, 0.717) is 11.4 Å². The van der Waals surface area contributed by atoms with Gasteiger partial charge in [-0.05, 0) is 45.0 Å². The van der Waals surface area contributed by atoms with E-state index in [1.165, 1.54) is 11.3 Å². The number of thiophene rings is 1. The van der Waals surface area contributed by atoms with Gasteiger partial charge in [0.1, 0.15) is 5.76 Å². The van der Waals surface area contributed by atoms with Crippen LogP contribution < -0.4 is 10.9 Å². The van der Waals surface area contributed by atoms with Crippen molar-refractivity contribution < 1.29 is 14.0 Å². The van der Waals surface area contributed by atoms with Crippen molar-refractivity contribution in [2.75, 3.05) is 13.6 Å². The molecule has 2 heterocycles. The second-order valence-electron chi connectivity index (χ2n) is 5.72. The van der Waals surface area contributed by atoms with Crippen LogP contribution in [0.15, 0.2) is 22.8 Å². The van der Waals surface area contributed by atoms with Gasteiger partial charge in [0.25, 0.3) is 11.8 Å². The lowest BCUT2D eigenvalue weighted by molar-refractivity contribution is -0.122. The molecule has 0 aliphatic rings. The summed E-state index contributed by atoms with van der Waals surface area (Å²) in [7, 11) is 1.84. The van der Waals surface area contributed by atoms with Crippen LogP contribution in [0.1, 0.15) is 38.4 Å². The molecule has 2 N–H and O–H groups in total. The van der Waals surface area contributed by atoms with Crippen LogP contribution in [0.25, 0.3) is 0 Å². The number of hydrazine groups is 1. The predicted octanol–water partition coefficient (Wildman–Crippen LogP) is 2.41. The highest BCUT2D eigenvalue weighted by molar-refractivity contribution is 7.14. The molecular weight excluding hydrogens is 326 g/mol. The fraction of sp³-hybridized carbons (Fsp3) is 0.412. The van der Waals surface area contributed by atoms with Crippen LogP contribution in [0.3, 0.4) is 0 Å². The first kappa shape index (κ1) is 18.2. The van der Waals surface area contributed by atoms with Crippen molar-refractivity contribution in [3.05, 3.63) is 45.0 Å². The Kier molecular flexibility index (Phi) is 6.16. The fourth-order valence-electron chi connectivity index (χ4n) is 2.38. The molecule has 0 saturated carbocycles. The third-order valence-corrected chi connectivity index (χ3v) is 4.85. The molecule has 0 aromatic carbocycles. The van der Waals surface area contributed by atoms with Gasteiger partial charge in [-0.15, -0.1) is 11.3 Å². The number of amides is 2. The average Bonchev–Trinajstić information content (AvgIpc) is 3.10. The molecule has 0 atom stereocenters. The molecule has 6 nitrogen and oxygen atoms in total. The van der Waals surface area contributed by atoms with Crippen LogP contribution in [0.5, 0.6) is 0 Å². The Labute approximate surface area is 145 Å². The number of rotatable bonds is 6. The Balaban J connectivity index is 1.79. The van der Waals surface area contributed by atoms with E-state index in [2.05, 4.69) is 17.8 Å². The van der Waals surface area contributed by atoms with E-state index < -0.39 is 0 Å². The van der Waals surface area contributed by atoms with Crippen LogP contribution in [0.4, 0.5) is 0 Å². The van der Waals surface area contributed by atoms with Crippen molar-refractivity contribution in [3.63, 3.8) is 0 Å². The Bertz CT molecular complexity index is 720. The zero-order valence-electron chi connectivity index (χ0n) is 14.4. The van der Waals surface area contributed by atoms with E-state index in [0.717, 1.165) is 28.2 Å². The zero-order valence-corrected chi connectivity index (χ0v) is 15.3. The molecule has 0 bridgehead atoms. The number of nitrogens with zero attached hydrogens (tertiary/aromatic N) is 1. The summed E-state index contributed by atoms with van der Waals surface area (Å²) in [4.78, 5) is 27.6. The van der Waals surface area contributed by atoms with Crippen molar-refractivity contribution >= 4 is 23.2 Å². The molecule has 2 aromatic rings. The molecule has 2 rings (SSSR count). The normalized spacial score (nSPS) is 10.9. The number of hydrogen-bond donors (Lipinski definition) is 2. The van der Waals surface area contributed by atoms with Gasteiger partial charge in [0.05, 0.1) is 17.7 Å². The molecule has 24 heavy (non-hydrogen) atoms. The summed E-state index contributed by atoms with van der Waals surface area (Å²) >= 11 is 1.43. The molecule has 0 radical (unpaired) electrons. The van der Waals surface area contributed by atoms with Crippen LogP contribution in [0, 0.1) is 13.8 Å². The quantitative estimate of drug-likeness (QED) is 0.786.